The fourth-order valence-corrected chi connectivity index (χ4v) is 2.58. The predicted molar refractivity (Wildman–Crippen MR) is 84.3 cm³/mol. The van der Waals surface area contributed by atoms with Crippen molar-refractivity contribution < 1.29 is 9.53 Å². The summed E-state index contributed by atoms with van der Waals surface area (Å²) in [7, 11) is 0. The Morgan fingerprint density at radius 1 is 1.40 bits per heavy atom. The highest BCUT2D eigenvalue weighted by atomic mass is 32.1. The van der Waals surface area contributed by atoms with Crippen molar-refractivity contribution >= 4 is 17.4 Å². The Balaban J connectivity index is 2.03. The first-order chi connectivity index (χ1) is 9.37. The molecule has 0 saturated carbocycles. The quantitative estimate of drug-likeness (QED) is 0.760. The molecule has 20 heavy (non-hydrogen) atoms. The summed E-state index contributed by atoms with van der Waals surface area (Å²) < 4.78 is 5.17. The molecule has 1 atom stereocenters. The average molecular weight is 298 g/mol. The fourth-order valence-electron chi connectivity index (χ4n) is 1.74. The van der Waals surface area contributed by atoms with Crippen molar-refractivity contribution in [2.45, 2.75) is 52.2 Å². The predicted octanol–water partition coefficient (Wildman–Crippen LogP) is 3.18. The van der Waals surface area contributed by atoms with Gasteiger partial charge in [0.2, 0.25) is 0 Å². The van der Waals surface area contributed by atoms with Crippen molar-refractivity contribution in [2.24, 2.45) is 0 Å². The van der Waals surface area contributed by atoms with Gasteiger partial charge in [-0.15, -0.1) is 11.3 Å². The third kappa shape index (κ3) is 8.17. The summed E-state index contributed by atoms with van der Waals surface area (Å²) in [6.07, 6.45) is 1.61. The number of amides is 1. The summed E-state index contributed by atoms with van der Waals surface area (Å²) in [5.74, 6) is 0. The van der Waals surface area contributed by atoms with Crippen molar-refractivity contribution in [1.82, 2.24) is 10.6 Å². The van der Waals surface area contributed by atoms with Crippen LogP contribution in [0.15, 0.2) is 17.5 Å². The van der Waals surface area contributed by atoms with E-state index in [9.17, 15) is 4.79 Å². The number of hydrogen-bond donors (Lipinski definition) is 2. The maximum Gasteiger partial charge on any atom is 0.407 e. The van der Waals surface area contributed by atoms with Crippen LogP contribution in [0.4, 0.5) is 4.79 Å². The van der Waals surface area contributed by atoms with E-state index in [2.05, 4.69) is 35.1 Å². The molecule has 1 heterocycles. The van der Waals surface area contributed by atoms with Gasteiger partial charge in [0.25, 0.3) is 0 Å². The summed E-state index contributed by atoms with van der Waals surface area (Å²) in [6, 6.07) is 4.69. The van der Waals surface area contributed by atoms with Gasteiger partial charge in [-0.2, -0.15) is 0 Å². The molecule has 1 unspecified atom stereocenters. The summed E-state index contributed by atoms with van der Waals surface area (Å²) in [5.41, 5.74) is -0.433. The molecule has 1 amide bonds. The number of carbonyl (C=O) groups excluding carboxylic acids is 1. The lowest BCUT2D eigenvalue weighted by Crippen LogP contribution is -2.35. The average Bonchev–Trinajstić information content (AvgIpc) is 2.78. The van der Waals surface area contributed by atoms with Crippen molar-refractivity contribution in [3.05, 3.63) is 22.4 Å². The third-order valence-corrected chi connectivity index (χ3v) is 3.50. The second-order valence-electron chi connectivity index (χ2n) is 5.92. The first-order valence-corrected chi connectivity index (χ1v) is 7.97. The molecule has 4 nitrogen and oxygen atoms in total. The SMILES string of the molecule is CC(Cc1cccs1)NCCCNC(=O)OC(C)(C)C. The van der Waals surface area contributed by atoms with E-state index in [1.807, 2.05) is 20.8 Å². The molecule has 0 aliphatic carbocycles. The zero-order valence-electron chi connectivity index (χ0n) is 12.9. The number of alkyl carbamates (subject to hydrolysis) is 1. The van der Waals surface area contributed by atoms with E-state index in [0.29, 0.717) is 12.6 Å². The van der Waals surface area contributed by atoms with E-state index >= 15 is 0 Å². The molecule has 5 heteroatoms. The highest BCUT2D eigenvalue weighted by Gasteiger charge is 2.15. The van der Waals surface area contributed by atoms with Gasteiger partial charge in [0.05, 0.1) is 0 Å². The van der Waals surface area contributed by atoms with Crippen LogP contribution in [0, 0.1) is 0 Å². The number of nitrogens with one attached hydrogen (secondary N) is 2. The standard InChI is InChI=1S/C15H26N2O2S/c1-12(11-13-7-5-10-20-13)16-8-6-9-17-14(18)19-15(2,3)4/h5,7,10,12,16H,6,8-9,11H2,1-4H3,(H,17,18). The molecule has 0 bridgehead atoms. The van der Waals surface area contributed by atoms with Crippen molar-refractivity contribution in [1.29, 1.82) is 0 Å². The van der Waals surface area contributed by atoms with E-state index < -0.39 is 5.60 Å². The Morgan fingerprint density at radius 2 is 2.15 bits per heavy atom. The normalized spacial score (nSPS) is 13.0. The Hall–Kier alpha value is -1.07. The zero-order chi connectivity index (χ0) is 15.0. The number of rotatable bonds is 7. The van der Waals surface area contributed by atoms with Crippen LogP contribution in [0.5, 0.6) is 0 Å². The van der Waals surface area contributed by atoms with Gasteiger partial charge in [-0.1, -0.05) is 6.07 Å². The van der Waals surface area contributed by atoms with Gasteiger partial charge in [-0.3, -0.25) is 0 Å². The van der Waals surface area contributed by atoms with E-state index in [1.165, 1.54) is 4.88 Å². The monoisotopic (exact) mass is 298 g/mol. The molecule has 0 saturated heterocycles. The molecule has 1 rings (SSSR count). The van der Waals surface area contributed by atoms with Crippen LogP contribution in [-0.4, -0.2) is 30.8 Å². The molecule has 0 aliphatic rings. The molecule has 1 aromatic heterocycles. The van der Waals surface area contributed by atoms with Gasteiger partial charge in [-0.25, -0.2) is 4.79 Å². The number of hydrogen-bond acceptors (Lipinski definition) is 4. The molecule has 0 aromatic carbocycles. The third-order valence-electron chi connectivity index (χ3n) is 2.60. The Morgan fingerprint density at radius 3 is 2.75 bits per heavy atom. The second kappa shape index (κ2) is 8.27. The Labute approximate surface area is 125 Å². The number of carbonyl (C=O) groups is 1. The number of ether oxygens (including phenoxy) is 1. The summed E-state index contributed by atoms with van der Waals surface area (Å²) in [5, 5.41) is 8.32. The summed E-state index contributed by atoms with van der Waals surface area (Å²) in [6.45, 7) is 9.29. The van der Waals surface area contributed by atoms with E-state index in [-0.39, 0.29) is 6.09 Å². The molecule has 114 valence electrons. The Kier molecular flexibility index (Phi) is 7.02. The molecular formula is C15H26N2O2S. The van der Waals surface area contributed by atoms with E-state index in [0.717, 1.165) is 19.4 Å². The minimum atomic E-state index is -0.433. The zero-order valence-corrected chi connectivity index (χ0v) is 13.7. The summed E-state index contributed by atoms with van der Waals surface area (Å²) >= 11 is 1.79. The molecule has 0 aliphatic heterocycles. The topological polar surface area (TPSA) is 50.4 Å². The van der Waals surface area contributed by atoms with Crippen LogP contribution in [0.2, 0.25) is 0 Å². The maximum atomic E-state index is 11.4. The van der Waals surface area contributed by atoms with Gasteiger partial charge in [0, 0.05) is 17.5 Å². The highest BCUT2D eigenvalue weighted by molar-refractivity contribution is 7.09. The molecule has 0 radical (unpaired) electrons. The lowest BCUT2D eigenvalue weighted by Gasteiger charge is -2.19. The smallest absolute Gasteiger partial charge is 0.407 e. The van der Waals surface area contributed by atoms with Crippen LogP contribution in [0.25, 0.3) is 0 Å². The van der Waals surface area contributed by atoms with Crippen LogP contribution in [0.1, 0.15) is 39.0 Å². The highest BCUT2D eigenvalue weighted by Crippen LogP contribution is 2.10. The van der Waals surface area contributed by atoms with E-state index in [4.69, 9.17) is 4.74 Å². The van der Waals surface area contributed by atoms with Crippen LogP contribution in [0.3, 0.4) is 0 Å². The van der Waals surface area contributed by atoms with Crippen molar-refractivity contribution in [2.75, 3.05) is 13.1 Å². The first kappa shape index (κ1) is 17.0. The lowest BCUT2D eigenvalue weighted by molar-refractivity contribution is 0.0527. The van der Waals surface area contributed by atoms with E-state index in [1.54, 1.807) is 11.3 Å². The van der Waals surface area contributed by atoms with Crippen molar-refractivity contribution in [3.63, 3.8) is 0 Å². The van der Waals surface area contributed by atoms with Gasteiger partial charge in [0.1, 0.15) is 5.60 Å². The minimum absolute atomic E-state index is 0.343. The molecular weight excluding hydrogens is 272 g/mol. The fraction of sp³-hybridized carbons (Fsp3) is 0.667. The maximum absolute atomic E-state index is 11.4. The van der Waals surface area contributed by atoms with Crippen LogP contribution in [-0.2, 0) is 11.2 Å². The second-order valence-corrected chi connectivity index (χ2v) is 6.95. The van der Waals surface area contributed by atoms with Gasteiger partial charge < -0.3 is 15.4 Å². The van der Waals surface area contributed by atoms with Gasteiger partial charge >= 0.3 is 6.09 Å². The first-order valence-electron chi connectivity index (χ1n) is 7.09. The van der Waals surface area contributed by atoms with Crippen molar-refractivity contribution in [3.8, 4) is 0 Å². The lowest BCUT2D eigenvalue weighted by atomic mass is 10.2. The van der Waals surface area contributed by atoms with Gasteiger partial charge in [-0.05, 0) is 58.5 Å². The number of thiophene rings is 1. The largest absolute Gasteiger partial charge is 0.444 e. The summed E-state index contributed by atoms with van der Waals surface area (Å²) in [4.78, 5) is 12.8. The molecule has 0 spiro atoms. The van der Waals surface area contributed by atoms with Crippen LogP contribution < -0.4 is 10.6 Å². The molecule has 0 fully saturated rings. The Bertz CT molecular complexity index is 385. The van der Waals surface area contributed by atoms with Gasteiger partial charge in [0.15, 0.2) is 0 Å². The van der Waals surface area contributed by atoms with Crippen LogP contribution >= 0.6 is 11.3 Å². The minimum Gasteiger partial charge on any atom is -0.444 e. The molecule has 1 aromatic rings. The molecule has 2 N–H and O–H groups in total.